The molecule has 0 atom stereocenters. The molecule has 0 unspecified atom stereocenters. The van der Waals surface area contributed by atoms with Gasteiger partial charge in [0.2, 0.25) is 0 Å². The first-order chi connectivity index (χ1) is 21.7. The van der Waals surface area contributed by atoms with Gasteiger partial charge in [0, 0.05) is 21.7 Å². The highest BCUT2D eigenvalue weighted by molar-refractivity contribution is 6.18. The first-order valence-corrected chi connectivity index (χ1v) is 14.9. The Hall–Kier alpha value is -5.85. The van der Waals surface area contributed by atoms with E-state index in [1.807, 2.05) is 36.4 Å². The fraction of sp³-hybridized carbons (Fsp3) is 0.0488. The Morgan fingerprint density at radius 3 is 1.98 bits per heavy atom. The summed E-state index contributed by atoms with van der Waals surface area (Å²) in [4.78, 5) is 0. The molecule has 2 aromatic heterocycles. The number of allylic oxidation sites excluding steroid dienone is 1. The van der Waals surface area contributed by atoms with Crippen LogP contribution in [-0.4, -0.2) is 0 Å². The minimum absolute atomic E-state index is 0.670. The second kappa shape index (κ2) is 9.59. The van der Waals surface area contributed by atoms with E-state index in [1.54, 1.807) is 0 Å². The molecule has 0 amide bonds. The maximum absolute atomic E-state index is 9.09. The van der Waals surface area contributed by atoms with Crippen LogP contribution in [0.5, 0.6) is 0 Å². The van der Waals surface area contributed by atoms with Crippen LogP contribution in [0.15, 0.2) is 130 Å². The monoisotopic (exact) mass is 563 g/mol. The lowest BCUT2D eigenvalue weighted by Crippen LogP contribution is -1.89. The summed E-state index contributed by atoms with van der Waals surface area (Å²) in [6.45, 7) is 0. The van der Waals surface area contributed by atoms with Gasteiger partial charge in [0.1, 0.15) is 22.5 Å². The van der Waals surface area contributed by atoms with Crippen molar-refractivity contribution in [1.82, 2.24) is 0 Å². The zero-order valence-electron chi connectivity index (χ0n) is 23.8. The van der Waals surface area contributed by atoms with Gasteiger partial charge >= 0.3 is 0 Å². The van der Waals surface area contributed by atoms with Crippen LogP contribution < -0.4 is 0 Å². The molecule has 0 saturated carbocycles. The van der Waals surface area contributed by atoms with E-state index in [0.717, 1.165) is 79.3 Å². The average Bonchev–Trinajstić information content (AvgIpc) is 3.65. The predicted molar refractivity (Wildman–Crippen MR) is 179 cm³/mol. The molecule has 6 aromatic carbocycles. The van der Waals surface area contributed by atoms with Crippen LogP contribution in [0.25, 0.3) is 83.1 Å². The van der Waals surface area contributed by atoms with Gasteiger partial charge in [0.05, 0.1) is 17.2 Å². The minimum atomic E-state index is 0.670. The number of rotatable bonds is 3. The van der Waals surface area contributed by atoms with Crippen LogP contribution in [-0.2, 0) is 6.42 Å². The summed E-state index contributed by atoms with van der Waals surface area (Å²) in [7, 11) is 0. The molecule has 0 radical (unpaired) electrons. The van der Waals surface area contributed by atoms with E-state index in [-0.39, 0.29) is 0 Å². The minimum Gasteiger partial charge on any atom is -0.456 e. The fourth-order valence-electron chi connectivity index (χ4n) is 6.72. The number of fused-ring (bicyclic) bond motifs is 7. The highest BCUT2D eigenvalue weighted by Gasteiger charge is 2.23. The molecule has 3 heteroatoms. The largest absolute Gasteiger partial charge is 0.456 e. The molecule has 3 nitrogen and oxygen atoms in total. The van der Waals surface area contributed by atoms with Crippen molar-refractivity contribution in [1.29, 1.82) is 5.26 Å². The number of hydrogen-bond acceptors (Lipinski definition) is 3. The maximum atomic E-state index is 9.09. The summed E-state index contributed by atoms with van der Waals surface area (Å²) in [5.41, 5.74) is 11.3. The Labute approximate surface area is 253 Å². The van der Waals surface area contributed by atoms with Crippen LogP contribution in [0.3, 0.4) is 0 Å². The lowest BCUT2D eigenvalue weighted by atomic mass is 9.93. The molecule has 0 saturated heterocycles. The Morgan fingerprint density at radius 1 is 0.568 bits per heavy atom. The van der Waals surface area contributed by atoms with E-state index in [2.05, 4.69) is 97.1 Å². The summed E-state index contributed by atoms with van der Waals surface area (Å²) in [6, 6.07) is 42.3. The molecule has 0 bridgehead atoms. The van der Waals surface area contributed by atoms with Gasteiger partial charge < -0.3 is 8.83 Å². The number of nitriles is 1. The van der Waals surface area contributed by atoms with Crippen molar-refractivity contribution in [2.75, 3.05) is 0 Å². The van der Waals surface area contributed by atoms with E-state index in [9.17, 15) is 0 Å². The normalized spacial score (nSPS) is 12.7. The smallest absolute Gasteiger partial charge is 0.147 e. The third kappa shape index (κ3) is 3.82. The number of benzene rings is 6. The second-order valence-corrected chi connectivity index (χ2v) is 11.5. The Morgan fingerprint density at radius 2 is 1.20 bits per heavy atom. The van der Waals surface area contributed by atoms with Crippen molar-refractivity contribution in [3.8, 4) is 39.4 Å². The van der Waals surface area contributed by atoms with E-state index >= 15 is 0 Å². The molecule has 206 valence electrons. The van der Waals surface area contributed by atoms with Gasteiger partial charge in [0.25, 0.3) is 0 Å². The zero-order valence-corrected chi connectivity index (χ0v) is 23.8. The molecule has 1 aliphatic rings. The summed E-state index contributed by atoms with van der Waals surface area (Å²) in [5.74, 6) is 0.958. The summed E-state index contributed by atoms with van der Waals surface area (Å²) in [5, 5.41) is 14.9. The van der Waals surface area contributed by atoms with Crippen LogP contribution in [0.2, 0.25) is 0 Å². The van der Waals surface area contributed by atoms with Gasteiger partial charge in [-0.2, -0.15) is 5.26 Å². The molecule has 0 fully saturated rings. The third-order valence-corrected chi connectivity index (χ3v) is 8.98. The first-order valence-electron chi connectivity index (χ1n) is 14.9. The average molecular weight is 564 g/mol. The summed E-state index contributed by atoms with van der Waals surface area (Å²) >= 11 is 0. The van der Waals surface area contributed by atoms with Crippen LogP contribution >= 0.6 is 0 Å². The van der Waals surface area contributed by atoms with E-state index in [0.29, 0.717) is 5.56 Å². The highest BCUT2D eigenvalue weighted by Crippen LogP contribution is 2.45. The standard InChI is InChI=1S/C41H25NO2/c42-24-25-9-11-26(12-10-25)27-13-15-28(16-14-27)29-17-18-31-22-32(20-19-30(31)21-29)39-40-35(33-5-1-3-7-37(33)43-40)23-36-34-6-2-4-8-38(34)44-41(36)39/h1,3-5,7-23H,2,6H2. The SMILES string of the molecule is N#Cc1ccc(-c2ccc(-c3ccc4cc(-c5c6oc7c(c6cc6c5oc5ccccc56)CCC=C7)ccc4c3)cc2)cc1. The van der Waals surface area contributed by atoms with Crippen molar-refractivity contribution in [3.63, 3.8) is 0 Å². The number of para-hydroxylation sites is 1. The summed E-state index contributed by atoms with van der Waals surface area (Å²) in [6.07, 6.45) is 6.31. The van der Waals surface area contributed by atoms with E-state index in [4.69, 9.17) is 14.1 Å². The molecule has 0 N–H and O–H groups in total. The predicted octanol–water partition coefficient (Wildman–Crippen LogP) is 11.3. The van der Waals surface area contributed by atoms with Crippen LogP contribution in [0, 0.1) is 11.3 Å². The van der Waals surface area contributed by atoms with Gasteiger partial charge in [-0.1, -0.05) is 84.9 Å². The first kappa shape index (κ1) is 24.7. The second-order valence-electron chi connectivity index (χ2n) is 11.5. The molecule has 2 heterocycles. The molecule has 8 aromatic rings. The van der Waals surface area contributed by atoms with Gasteiger partial charge in [-0.3, -0.25) is 0 Å². The molecular weight excluding hydrogens is 538 g/mol. The number of hydrogen-bond donors (Lipinski definition) is 0. The Bertz CT molecular complexity index is 2480. The topological polar surface area (TPSA) is 50.1 Å². The highest BCUT2D eigenvalue weighted by atomic mass is 16.3. The maximum Gasteiger partial charge on any atom is 0.147 e. The summed E-state index contributed by atoms with van der Waals surface area (Å²) < 4.78 is 13.1. The molecule has 9 rings (SSSR count). The quantitative estimate of drug-likeness (QED) is 0.215. The van der Waals surface area contributed by atoms with Crippen LogP contribution in [0.1, 0.15) is 23.3 Å². The van der Waals surface area contributed by atoms with Crippen molar-refractivity contribution < 1.29 is 8.83 Å². The third-order valence-electron chi connectivity index (χ3n) is 8.98. The fourth-order valence-corrected chi connectivity index (χ4v) is 6.72. The number of nitrogens with zero attached hydrogens (tertiary/aromatic N) is 1. The molecule has 0 aliphatic heterocycles. The Balaban J connectivity index is 1.15. The zero-order chi connectivity index (χ0) is 29.2. The van der Waals surface area contributed by atoms with Crippen molar-refractivity contribution in [2.24, 2.45) is 0 Å². The number of furan rings is 2. The van der Waals surface area contributed by atoms with Crippen molar-refractivity contribution in [2.45, 2.75) is 12.8 Å². The molecule has 0 spiro atoms. The van der Waals surface area contributed by atoms with E-state index in [1.165, 1.54) is 21.9 Å². The van der Waals surface area contributed by atoms with Gasteiger partial charge in [-0.05, 0) is 93.9 Å². The van der Waals surface area contributed by atoms with Gasteiger partial charge in [-0.15, -0.1) is 0 Å². The van der Waals surface area contributed by atoms with Crippen LogP contribution in [0.4, 0.5) is 0 Å². The van der Waals surface area contributed by atoms with E-state index < -0.39 is 0 Å². The molecule has 44 heavy (non-hydrogen) atoms. The van der Waals surface area contributed by atoms with Gasteiger partial charge in [0.15, 0.2) is 0 Å². The van der Waals surface area contributed by atoms with Gasteiger partial charge in [-0.25, -0.2) is 0 Å². The van der Waals surface area contributed by atoms with Crippen molar-refractivity contribution >= 4 is 49.8 Å². The molecule has 1 aliphatic carbocycles. The number of aryl methyl sites for hydroxylation is 1. The Kier molecular flexibility index (Phi) is 5.39. The lowest BCUT2D eigenvalue weighted by Gasteiger charge is -2.09. The van der Waals surface area contributed by atoms with Crippen molar-refractivity contribution in [3.05, 3.63) is 138 Å². The lowest BCUT2D eigenvalue weighted by molar-refractivity contribution is 0.595. The molecular formula is C41H25NO2.